The highest BCUT2D eigenvalue weighted by molar-refractivity contribution is 5.86. The summed E-state index contributed by atoms with van der Waals surface area (Å²) in [6.45, 7) is 6.23. The Kier molecular flexibility index (Phi) is 4.44. The zero-order valence-corrected chi connectivity index (χ0v) is 16.4. The summed E-state index contributed by atoms with van der Waals surface area (Å²) in [5.41, 5.74) is 4.70. The molecule has 0 unspecified atom stereocenters. The molecule has 0 atom stereocenters. The number of fused-ring (bicyclic) bond motifs is 1. The number of hydrogen-bond donors (Lipinski definition) is 0. The standard InChI is InChI=1S/C22H21N5O/c1-13(2)9-21-24-12-20(28-21)17-7-6-16(11-23)26-22(17)15-5-8-19-18(10-15)25-14(3)27(19)4/h5-8,10,12-13H,9H2,1-4H3. The number of hydrogen-bond acceptors (Lipinski definition) is 5. The van der Waals surface area contributed by atoms with E-state index in [4.69, 9.17) is 4.42 Å². The molecule has 3 aromatic heterocycles. The second-order valence-electron chi connectivity index (χ2n) is 7.34. The Bertz CT molecular complexity index is 1210. The zero-order valence-electron chi connectivity index (χ0n) is 16.4. The van der Waals surface area contributed by atoms with E-state index in [9.17, 15) is 5.26 Å². The van der Waals surface area contributed by atoms with Crippen LogP contribution in [0, 0.1) is 24.2 Å². The van der Waals surface area contributed by atoms with Gasteiger partial charge >= 0.3 is 0 Å². The Morgan fingerprint density at radius 2 is 2.00 bits per heavy atom. The van der Waals surface area contributed by atoms with Crippen molar-refractivity contribution >= 4 is 11.0 Å². The van der Waals surface area contributed by atoms with Gasteiger partial charge in [0.25, 0.3) is 0 Å². The minimum atomic E-state index is 0.359. The monoisotopic (exact) mass is 371 g/mol. The summed E-state index contributed by atoms with van der Waals surface area (Å²) in [6.07, 6.45) is 2.51. The van der Waals surface area contributed by atoms with Crippen LogP contribution in [0.15, 0.2) is 40.9 Å². The molecule has 0 bridgehead atoms. The minimum Gasteiger partial charge on any atom is -0.441 e. The molecule has 28 heavy (non-hydrogen) atoms. The number of aromatic nitrogens is 4. The maximum atomic E-state index is 9.32. The number of pyridine rings is 1. The second kappa shape index (κ2) is 6.93. The molecule has 0 radical (unpaired) electrons. The van der Waals surface area contributed by atoms with E-state index in [0.717, 1.165) is 34.4 Å². The van der Waals surface area contributed by atoms with Gasteiger partial charge in [0, 0.05) is 24.6 Å². The molecule has 4 rings (SSSR count). The van der Waals surface area contributed by atoms with E-state index in [0.29, 0.717) is 29.0 Å². The lowest BCUT2D eigenvalue weighted by atomic mass is 10.0. The molecule has 0 fully saturated rings. The fraction of sp³-hybridized carbons (Fsp3) is 0.273. The summed E-state index contributed by atoms with van der Waals surface area (Å²) in [4.78, 5) is 13.6. The minimum absolute atomic E-state index is 0.359. The van der Waals surface area contributed by atoms with Gasteiger partial charge in [0.15, 0.2) is 11.7 Å². The molecule has 0 spiro atoms. The highest BCUT2D eigenvalue weighted by Crippen LogP contribution is 2.33. The van der Waals surface area contributed by atoms with Gasteiger partial charge in [-0.05, 0) is 37.1 Å². The fourth-order valence-electron chi connectivity index (χ4n) is 3.29. The van der Waals surface area contributed by atoms with Gasteiger partial charge in [-0.15, -0.1) is 0 Å². The van der Waals surface area contributed by atoms with Crippen molar-refractivity contribution in [3.63, 3.8) is 0 Å². The van der Waals surface area contributed by atoms with Crippen LogP contribution >= 0.6 is 0 Å². The quantitative estimate of drug-likeness (QED) is 0.521. The maximum absolute atomic E-state index is 9.32. The van der Waals surface area contributed by atoms with Crippen molar-refractivity contribution in [3.8, 4) is 28.7 Å². The molecule has 140 valence electrons. The molecule has 0 saturated heterocycles. The predicted molar refractivity (Wildman–Crippen MR) is 107 cm³/mol. The van der Waals surface area contributed by atoms with Gasteiger partial charge in [-0.2, -0.15) is 5.26 Å². The normalized spacial score (nSPS) is 11.3. The van der Waals surface area contributed by atoms with Crippen LogP contribution < -0.4 is 0 Å². The van der Waals surface area contributed by atoms with Gasteiger partial charge in [-0.3, -0.25) is 0 Å². The smallest absolute Gasteiger partial charge is 0.195 e. The molecule has 1 aromatic carbocycles. The predicted octanol–water partition coefficient (Wildman–Crippen LogP) is 4.67. The first-order valence-electron chi connectivity index (χ1n) is 9.26. The largest absolute Gasteiger partial charge is 0.441 e. The van der Waals surface area contributed by atoms with Crippen molar-refractivity contribution in [3.05, 3.63) is 53.9 Å². The van der Waals surface area contributed by atoms with Crippen LogP contribution in [0.2, 0.25) is 0 Å². The highest BCUT2D eigenvalue weighted by Gasteiger charge is 2.16. The van der Waals surface area contributed by atoms with Crippen LogP contribution in [0.1, 0.15) is 31.3 Å². The van der Waals surface area contributed by atoms with Gasteiger partial charge in [0.1, 0.15) is 17.6 Å². The summed E-state index contributed by atoms with van der Waals surface area (Å²) in [5.74, 6) is 2.76. The van der Waals surface area contributed by atoms with Crippen molar-refractivity contribution in [2.45, 2.75) is 27.2 Å². The van der Waals surface area contributed by atoms with Crippen LogP contribution in [0.3, 0.4) is 0 Å². The fourth-order valence-corrected chi connectivity index (χ4v) is 3.29. The highest BCUT2D eigenvalue weighted by atomic mass is 16.4. The molecule has 0 saturated carbocycles. The third-order valence-corrected chi connectivity index (χ3v) is 4.79. The molecular formula is C22H21N5O. The van der Waals surface area contributed by atoms with E-state index >= 15 is 0 Å². The first-order valence-corrected chi connectivity index (χ1v) is 9.26. The number of benzene rings is 1. The summed E-state index contributed by atoms with van der Waals surface area (Å²) >= 11 is 0. The van der Waals surface area contributed by atoms with Crippen LogP contribution in [-0.2, 0) is 13.5 Å². The number of imidazole rings is 1. The molecule has 3 heterocycles. The van der Waals surface area contributed by atoms with Crippen LogP contribution in [0.4, 0.5) is 0 Å². The number of oxazole rings is 1. The van der Waals surface area contributed by atoms with Crippen LogP contribution in [0.5, 0.6) is 0 Å². The third-order valence-electron chi connectivity index (χ3n) is 4.79. The number of nitrogens with zero attached hydrogens (tertiary/aromatic N) is 5. The topological polar surface area (TPSA) is 80.5 Å². The van der Waals surface area contributed by atoms with E-state index in [-0.39, 0.29) is 0 Å². The zero-order chi connectivity index (χ0) is 19.8. The van der Waals surface area contributed by atoms with Crippen molar-refractivity contribution in [2.24, 2.45) is 13.0 Å². The summed E-state index contributed by atoms with van der Waals surface area (Å²) in [6, 6.07) is 11.7. The van der Waals surface area contributed by atoms with E-state index in [2.05, 4.69) is 34.9 Å². The van der Waals surface area contributed by atoms with Crippen LogP contribution in [0.25, 0.3) is 33.6 Å². The van der Waals surface area contributed by atoms with Gasteiger partial charge in [0.2, 0.25) is 0 Å². The molecule has 0 aliphatic carbocycles. The van der Waals surface area contributed by atoms with Crippen molar-refractivity contribution in [1.29, 1.82) is 5.26 Å². The molecule has 0 aliphatic heterocycles. The molecule has 0 aliphatic rings. The SMILES string of the molecule is Cc1nc2cc(-c3nc(C#N)ccc3-c3cnc(CC(C)C)o3)ccc2n1C. The van der Waals surface area contributed by atoms with Gasteiger partial charge in [0.05, 0.1) is 22.9 Å². The lowest BCUT2D eigenvalue weighted by molar-refractivity contribution is 0.466. The first-order chi connectivity index (χ1) is 13.5. The summed E-state index contributed by atoms with van der Waals surface area (Å²) < 4.78 is 8.02. The number of rotatable bonds is 4. The second-order valence-corrected chi connectivity index (χ2v) is 7.34. The van der Waals surface area contributed by atoms with Crippen molar-refractivity contribution < 1.29 is 4.42 Å². The third kappa shape index (κ3) is 3.16. The van der Waals surface area contributed by atoms with Crippen molar-refractivity contribution in [1.82, 2.24) is 19.5 Å². The van der Waals surface area contributed by atoms with Crippen LogP contribution in [-0.4, -0.2) is 19.5 Å². The number of aryl methyl sites for hydroxylation is 2. The number of nitriles is 1. The van der Waals surface area contributed by atoms with E-state index in [1.54, 1.807) is 12.3 Å². The molecule has 0 N–H and O–H groups in total. The molecule has 6 heteroatoms. The van der Waals surface area contributed by atoms with E-state index < -0.39 is 0 Å². The van der Waals surface area contributed by atoms with E-state index in [1.165, 1.54) is 0 Å². The first kappa shape index (κ1) is 17.9. The van der Waals surface area contributed by atoms with E-state index in [1.807, 2.05) is 42.8 Å². The van der Waals surface area contributed by atoms with Gasteiger partial charge in [-0.1, -0.05) is 19.9 Å². The molecule has 6 nitrogen and oxygen atoms in total. The molecular weight excluding hydrogens is 350 g/mol. The Morgan fingerprint density at radius 1 is 1.18 bits per heavy atom. The van der Waals surface area contributed by atoms with Gasteiger partial charge in [-0.25, -0.2) is 15.0 Å². The van der Waals surface area contributed by atoms with Crippen molar-refractivity contribution in [2.75, 3.05) is 0 Å². The Morgan fingerprint density at radius 3 is 2.75 bits per heavy atom. The maximum Gasteiger partial charge on any atom is 0.195 e. The average molecular weight is 371 g/mol. The Hall–Kier alpha value is -3.46. The van der Waals surface area contributed by atoms with Gasteiger partial charge < -0.3 is 8.98 Å². The molecule has 4 aromatic rings. The summed E-state index contributed by atoms with van der Waals surface area (Å²) in [5, 5.41) is 9.32. The lowest BCUT2D eigenvalue weighted by Gasteiger charge is -2.08. The summed E-state index contributed by atoms with van der Waals surface area (Å²) in [7, 11) is 2.00. The average Bonchev–Trinajstić information content (AvgIpc) is 3.25. The Balaban J connectivity index is 1.86. The Labute approximate surface area is 163 Å². The lowest BCUT2D eigenvalue weighted by Crippen LogP contribution is -1.94. The molecule has 0 amide bonds.